The summed E-state index contributed by atoms with van der Waals surface area (Å²) in [7, 11) is 1.49. The van der Waals surface area contributed by atoms with Crippen LogP contribution in [0.2, 0.25) is 5.02 Å². The quantitative estimate of drug-likeness (QED) is 0.255. The second kappa shape index (κ2) is 9.27. The summed E-state index contributed by atoms with van der Waals surface area (Å²) in [5.74, 6) is -1.48. The first kappa shape index (κ1) is 24.9. The van der Waals surface area contributed by atoms with Gasteiger partial charge in [0, 0.05) is 34.6 Å². The van der Waals surface area contributed by atoms with Crippen molar-refractivity contribution in [2.75, 3.05) is 17.7 Å². The zero-order valence-electron chi connectivity index (χ0n) is 20.7. The summed E-state index contributed by atoms with van der Waals surface area (Å²) >= 11 is 6.15. The van der Waals surface area contributed by atoms with Crippen LogP contribution in [0, 0.1) is 11.6 Å². The number of hydrogen-bond donors (Lipinski definition) is 3. The number of amides is 1. The third-order valence-electron chi connectivity index (χ3n) is 6.82. The van der Waals surface area contributed by atoms with Crippen LogP contribution in [0.25, 0.3) is 22.0 Å². The topological polar surface area (TPSA) is 75.4 Å². The normalized spacial score (nSPS) is 18.1. The van der Waals surface area contributed by atoms with Crippen molar-refractivity contribution in [2.45, 2.75) is 38.3 Å². The number of methoxy groups -OCH3 is 1. The highest BCUT2D eigenvalue weighted by molar-refractivity contribution is 6.32. The van der Waals surface area contributed by atoms with Crippen LogP contribution in [0.3, 0.4) is 0 Å². The number of ether oxygens (including phenoxy) is 2. The molecule has 4 aromatic rings. The number of hydrogen-bond acceptors (Lipinski definition) is 4. The van der Waals surface area contributed by atoms with E-state index in [1.165, 1.54) is 13.2 Å². The number of H-pyrrole nitrogens is 1. The second-order valence-electron chi connectivity index (χ2n) is 9.69. The number of rotatable bonds is 4. The van der Waals surface area contributed by atoms with Crippen molar-refractivity contribution in [3.05, 3.63) is 76.9 Å². The van der Waals surface area contributed by atoms with E-state index in [-0.39, 0.29) is 11.1 Å². The molecule has 1 amide bonds. The summed E-state index contributed by atoms with van der Waals surface area (Å²) in [6.07, 6.45) is 0.228. The fourth-order valence-electron chi connectivity index (χ4n) is 5.17. The van der Waals surface area contributed by atoms with Gasteiger partial charge in [-0.15, -0.1) is 0 Å². The summed E-state index contributed by atoms with van der Waals surface area (Å²) in [4.78, 5) is 15.9. The third kappa shape index (κ3) is 4.35. The van der Waals surface area contributed by atoms with E-state index in [0.29, 0.717) is 33.2 Å². The molecule has 0 radical (unpaired) electrons. The summed E-state index contributed by atoms with van der Waals surface area (Å²) in [5, 5.41) is 7.00. The summed E-state index contributed by atoms with van der Waals surface area (Å²) in [5.41, 5.74) is 1.12. The predicted molar refractivity (Wildman–Crippen MR) is 142 cm³/mol. The minimum atomic E-state index is -0.818. The van der Waals surface area contributed by atoms with Crippen LogP contribution in [0.15, 0.2) is 54.7 Å². The van der Waals surface area contributed by atoms with Gasteiger partial charge in [-0.25, -0.2) is 13.6 Å². The van der Waals surface area contributed by atoms with Gasteiger partial charge in [-0.05, 0) is 49.6 Å². The second-order valence-corrected chi connectivity index (χ2v) is 10.1. The SMILES string of the molecule is COc1ccc(NC(=O)OC2[C@@H](C)c3c(cc(F)c(-c4cccc5cc[nH]c45)c3F)NC2(C)C)cc1Cl. The number of carbonyl (C=O) groups excluding carboxylic acids is 1. The Kier molecular flexibility index (Phi) is 6.23. The molecular weight excluding hydrogens is 500 g/mol. The van der Waals surface area contributed by atoms with Gasteiger partial charge in [0.1, 0.15) is 23.5 Å². The lowest BCUT2D eigenvalue weighted by Gasteiger charge is -2.44. The summed E-state index contributed by atoms with van der Waals surface area (Å²) in [6, 6.07) is 13.3. The van der Waals surface area contributed by atoms with Gasteiger partial charge in [0.05, 0.1) is 28.8 Å². The summed E-state index contributed by atoms with van der Waals surface area (Å²) < 4.78 is 42.4. The lowest BCUT2D eigenvalue weighted by atomic mass is 9.77. The predicted octanol–water partition coefficient (Wildman–Crippen LogP) is 7.70. The first-order valence-electron chi connectivity index (χ1n) is 11.8. The van der Waals surface area contributed by atoms with Gasteiger partial charge < -0.3 is 19.8 Å². The fourth-order valence-corrected chi connectivity index (χ4v) is 5.43. The van der Waals surface area contributed by atoms with Gasteiger partial charge >= 0.3 is 6.09 Å². The van der Waals surface area contributed by atoms with Crippen molar-refractivity contribution >= 4 is 40.0 Å². The Morgan fingerprint density at radius 1 is 1.14 bits per heavy atom. The van der Waals surface area contributed by atoms with Crippen molar-refractivity contribution in [1.82, 2.24) is 4.98 Å². The number of fused-ring (bicyclic) bond motifs is 2. The van der Waals surface area contributed by atoms with E-state index in [0.717, 1.165) is 5.39 Å². The van der Waals surface area contributed by atoms with Crippen molar-refractivity contribution in [3.63, 3.8) is 0 Å². The van der Waals surface area contributed by atoms with E-state index < -0.39 is 35.3 Å². The van der Waals surface area contributed by atoms with E-state index >= 15 is 8.78 Å². The van der Waals surface area contributed by atoms with E-state index in [1.807, 2.05) is 26.0 Å². The molecule has 5 rings (SSSR count). The van der Waals surface area contributed by atoms with Crippen LogP contribution in [0.4, 0.5) is 25.0 Å². The van der Waals surface area contributed by atoms with Crippen LogP contribution >= 0.6 is 11.6 Å². The number of para-hydroxylation sites is 1. The van der Waals surface area contributed by atoms with Gasteiger partial charge in [0.25, 0.3) is 0 Å². The largest absolute Gasteiger partial charge is 0.495 e. The molecule has 2 heterocycles. The van der Waals surface area contributed by atoms with Crippen molar-refractivity contribution in [3.8, 4) is 16.9 Å². The molecule has 1 aliphatic heterocycles. The Labute approximate surface area is 217 Å². The Morgan fingerprint density at radius 3 is 2.65 bits per heavy atom. The van der Waals surface area contributed by atoms with Gasteiger partial charge in [0.15, 0.2) is 0 Å². The third-order valence-corrected chi connectivity index (χ3v) is 7.12. The molecule has 1 unspecified atom stereocenters. The lowest BCUT2D eigenvalue weighted by molar-refractivity contribution is 0.0561. The maximum absolute atomic E-state index is 16.1. The number of aromatic nitrogens is 1. The Morgan fingerprint density at radius 2 is 1.92 bits per heavy atom. The monoisotopic (exact) mass is 525 g/mol. The van der Waals surface area contributed by atoms with Crippen LogP contribution in [-0.2, 0) is 4.74 Å². The molecule has 3 aromatic carbocycles. The maximum Gasteiger partial charge on any atom is 0.412 e. The van der Waals surface area contributed by atoms with Gasteiger partial charge in [0.2, 0.25) is 0 Å². The minimum Gasteiger partial charge on any atom is -0.495 e. The maximum atomic E-state index is 16.1. The number of halogens is 3. The molecule has 0 saturated carbocycles. The number of aromatic amines is 1. The van der Waals surface area contributed by atoms with Crippen molar-refractivity contribution in [1.29, 1.82) is 0 Å². The molecule has 0 spiro atoms. The first-order chi connectivity index (χ1) is 17.6. The number of carbonyl (C=O) groups is 1. The lowest BCUT2D eigenvalue weighted by Crippen LogP contribution is -2.52. The van der Waals surface area contributed by atoms with Crippen LogP contribution in [0.1, 0.15) is 32.3 Å². The smallest absolute Gasteiger partial charge is 0.412 e. The Bertz CT molecular complexity index is 1520. The molecule has 0 saturated heterocycles. The first-order valence-corrected chi connectivity index (χ1v) is 12.2. The number of benzene rings is 3. The molecule has 6 nitrogen and oxygen atoms in total. The summed E-state index contributed by atoms with van der Waals surface area (Å²) in [6.45, 7) is 5.40. The molecule has 0 aliphatic carbocycles. The van der Waals surface area contributed by atoms with Gasteiger partial charge in [-0.1, -0.05) is 36.7 Å². The zero-order chi connectivity index (χ0) is 26.5. The van der Waals surface area contributed by atoms with Crippen molar-refractivity contribution < 1.29 is 23.0 Å². The highest BCUT2D eigenvalue weighted by Crippen LogP contribution is 2.46. The molecule has 0 bridgehead atoms. The van der Waals surface area contributed by atoms with Gasteiger partial charge in [-0.2, -0.15) is 0 Å². The zero-order valence-corrected chi connectivity index (χ0v) is 21.5. The number of anilines is 2. The molecule has 1 aliphatic rings. The molecule has 3 N–H and O–H groups in total. The molecule has 37 heavy (non-hydrogen) atoms. The van der Waals surface area contributed by atoms with Crippen LogP contribution in [-0.4, -0.2) is 29.8 Å². The molecule has 2 atom stereocenters. The highest BCUT2D eigenvalue weighted by atomic mass is 35.5. The molecule has 192 valence electrons. The molecule has 9 heteroatoms. The van der Waals surface area contributed by atoms with Crippen LogP contribution < -0.4 is 15.4 Å². The number of nitrogens with one attached hydrogen (secondary N) is 3. The minimum absolute atomic E-state index is 0.128. The molecular formula is C28H26ClF2N3O3. The van der Waals surface area contributed by atoms with E-state index in [4.69, 9.17) is 21.1 Å². The Balaban J connectivity index is 1.49. The Hall–Kier alpha value is -3.78. The van der Waals surface area contributed by atoms with Gasteiger partial charge in [-0.3, -0.25) is 5.32 Å². The fraction of sp³-hybridized carbons (Fsp3) is 0.250. The average molecular weight is 526 g/mol. The molecule has 1 aromatic heterocycles. The van der Waals surface area contributed by atoms with E-state index in [9.17, 15) is 4.79 Å². The average Bonchev–Trinajstić information content (AvgIpc) is 3.31. The molecule has 0 fully saturated rings. The van der Waals surface area contributed by atoms with Crippen LogP contribution in [0.5, 0.6) is 5.75 Å². The van der Waals surface area contributed by atoms with E-state index in [1.54, 1.807) is 43.5 Å². The van der Waals surface area contributed by atoms with Crippen molar-refractivity contribution in [2.24, 2.45) is 0 Å². The highest BCUT2D eigenvalue weighted by Gasteiger charge is 2.45. The van der Waals surface area contributed by atoms with E-state index in [2.05, 4.69) is 15.6 Å². The standard InChI is InChI=1S/C28H26ClF2N3O3/c1-14-22-20(13-19(30)23(24(22)31)17-7-5-6-15-10-11-32-25(15)17)34-28(2,3)26(14)37-27(35)33-16-8-9-21(36-4)18(29)12-16/h5-14,26,32,34H,1-4H3,(H,33,35)/t14-,26?/m0/s1.